The second kappa shape index (κ2) is 5.01. The van der Waals surface area contributed by atoms with E-state index in [-0.39, 0.29) is 0 Å². The number of piperidine rings is 2. The lowest BCUT2D eigenvalue weighted by Gasteiger charge is -2.53. The lowest BCUT2D eigenvalue weighted by atomic mass is 9.65. The first-order valence-corrected chi connectivity index (χ1v) is 9.21. The Morgan fingerprint density at radius 2 is 2.22 bits per heavy atom. The zero-order valence-electron chi connectivity index (χ0n) is 14.1. The monoisotopic (exact) mass is 310 g/mol. The molecule has 1 N–H and O–H groups in total. The molecule has 1 unspecified atom stereocenters. The van der Waals surface area contributed by atoms with E-state index in [0.29, 0.717) is 5.92 Å². The first-order chi connectivity index (χ1) is 11.3. The number of H-pyrrole nitrogens is 1. The summed E-state index contributed by atoms with van der Waals surface area (Å²) in [7, 11) is 1.75. The molecule has 1 aliphatic carbocycles. The summed E-state index contributed by atoms with van der Waals surface area (Å²) in [5.74, 6) is 3.46. The molecular weight excluding hydrogens is 284 g/mol. The summed E-state index contributed by atoms with van der Waals surface area (Å²) < 4.78 is 5.42. The molecular formula is C20H26N2O. The summed E-state index contributed by atoms with van der Waals surface area (Å²) in [4.78, 5) is 6.63. The molecule has 4 heterocycles. The Hall–Kier alpha value is -1.48. The third-order valence-corrected chi connectivity index (χ3v) is 6.72. The highest BCUT2D eigenvalue weighted by atomic mass is 16.5. The number of rotatable bonds is 2. The van der Waals surface area contributed by atoms with Crippen molar-refractivity contribution in [3.63, 3.8) is 0 Å². The van der Waals surface area contributed by atoms with Gasteiger partial charge in [-0.2, -0.15) is 0 Å². The van der Waals surface area contributed by atoms with Crippen molar-refractivity contribution in [2.75, 3.05) is 20.2 Å². The maximum absolute atomic E-state index is 5.42. The van der Waals surface area contributed by atoms with Crippen LogP contribution >= 0.6 is 0 Å². The van der Waals surface area contributed by atoms with Crippen molar-refractivity contribution in [3.05, 3.63) is 29.5 Å². The van der Waals surface area contributed by atoms with Crippen molar-refractivity contribution in [1.29, 1.82) is 0 Å². The van der Waals surface area contributed by atoms with Crippen molar-refractivity contribution in [2.24, 2.45) is 11.8 Å². The number of fused-ring (bicyclic) bond motifs is 4. The molecule has 3 aliphatic heterocycles. The highest BCUT2D eigenvalue weighted by molar-refractivity contribution is 5.86. The molecule has 3 fully saturated rings. The summed E-state index contributed by atoms with van der Waals surface area (Å²) in [6, 6.07) is 7.29. The van der Waals surface area contributed by atoms with E-state index in [1.165, 1.54) is 49.7 Å². The molecule has 0 radical (unpaired) electrons. The Bertz CT molecular complexity index is 749. The van der Waals surface area contributed by atoms with Crippen molar-refractivity contribution in [1.82, 2.24) is 9.88 Å². The first-order valence-electron chi connectivity index (χ1n) is 9.21. The molecule has 122 valence electrons. The first kappa shape index (κ1) is 13.9. The normalized spacial score (nSPS) is 35.1. The van der Waals surface area contributed by atoms with E-state index in [1.54, 1.807) is 18.4 Å². The molecule has 23 heavy (non-hydrogen) atoms. The minimum absolute atomic E-state index is 0.711. The fraction of sp³-hybridized carbons (Fsp3) is 0.600. The van der Waals surface area contributed by atoms with Crippen molar-refractivity contribution in [3.8, 4) is 5.75 Å². The molecule has 2 saturated heterocycles. The minimum Gasteiger partial charge on any atom is -0.497 e. The van der Waals surface area contributed by atoms with Crippen LogP contribution in [-0.4, -0.2) is 36.1 Å². The van der Waals surface area contributed by atoms with Gasteiger partial charge < -0.3 is 9.72 Å². The fourth-order valence-electron chi connectivity index (χ4n) is 5.81. The van der Waals surface area contributed by atoms with Crippen LogP contribution in [0.2, 0.25) is 0 Å². The Morgan fingerprint density at radius 3 is 3.04 bits per heavy atom. The highest BCUT2D eigenvalue weighted by Crippen LogP contribution is 2.51. The van der Waals surface area contributed by atoms with Gasteiger partial charge in [0.2, 0.25) is 0 Å². The summed E-state index contributed by atoms with van der Waals surface area (Å²) in [6.07, 6.45) is 5.36. The molecule has 3 nitrogen and oxygen atoms in total. The quantitative estimate of drug-likeness (QED) is 0.910. The summed E-state index contributed by atoms with van der Waals surface area (Å²) in [6.45, 7) is 4.96. The predicted molar refractivity (Wildman–Crippen MR) is 93.2 cm³/mol. The van der Waals surface area contributed by atoms with Gasteiger partial charge in [0.15, 0.2) is 0 Å². The second-order valence-corrected chi connectivity index (χ2v) is 7.78. The van der Waals surface area contributed by atoms with Crippen molar-refractivity contribution < 1.29 is 4.74 Å². The van der Waals surface area contributed by atoms with Crippen LogP contribution in [0.3, 0.4) is 0 Å². The minimum atomic E-state index is 0.711. The zero-order valence-corrected chi connectivity index (χ0v) is 14.1. The van der Waals surface area contributed by atoms with Gasteiger partial charge in [-0.15, -0.1) is 0 Å². The molecule has 1 saturated carbocycles. The predicted octanol–water partition coefficient (Wildman–Crippen LogP) is 3.94. The van der Waals surface area contributed by atoms with Crippen LogP contribution in [0.25, 0.3) is 10.9 Å². The number of methoxy groups -OCH3 is 1. The number of aromatic nitrogens is 1. The lowest BCUT2D eigenvalue weighted by molar-refractivity contribution is -0.0134. The van der Waals surface area contributed by atoms with Gasteiger partial charge >= 0.3 is 0 Å². The molecule has 1 aromatic carbocycles. The standard InChI is InChI=1S/C20H26N2O/c1-3-13-8-12-9-17-19-16(6-7-22(11-12)20(13)17)15-5-4-14(23-2)10-18(15)21-19/h4-5,10,12-13,17,20-21H,3,6-9,11H2,1-2H3/t12-,13+,17+,20+/m1/s1. The largest absolute Gasteiger partial charge is 0.497 e. The summed E-state index contributed by atoms with van der Waals surface area (Å²) in [5.41, 5.74) is 4.39. The molecule has 5 atom stereocenters. The number of nitrogens with one attached hydrogen (secondary N) is 1. The summed E-state index contributed by atoms with van der Waals surface area (Å²) >= 11 is 0. The van der Waals surface area contributed by atoms with E-state index >= 15 is 0 Å². The van der Waals surface area contributed by atoms with Crippen LogP contribution in [0.1, 0.15) is 43.4 Å². The van der Waals surface area contributed by atoms with Crippen LogP contribution < -0.4 is 4.74 Å². The maximum atomic E-state index is 5.42. The molecule has 2 aromatic rings. The van der Waals surface area contributed by atoms with Gasteiger partial charge in [0.1, 0.15) is 5.75 Å². The van der Waals surface area contributed by atoms with Crippen LogP contribution in [0.5, 0.6) is 5.75 Å². The molecule has 0 amide bonds. The van der Waals surface area contributed by atoms with Crippen molar-refractivity contribution >= 4 is 10.9 Å². The number of hydrogen-bond donors (Lipinski definition) is 1. The molecule has 4 aliphatic rings. The number of ether oxygens (including phenoxy) is 1. The van der Waals surface area contributed by atoms with E-state index < -0.39 is 0 Å². The zero-order chi connectivity index (χ0) is 15.6. The fourth-order valence-corrected chi connectivity index (χ4v) is 5.81. The lowest BCUT2D eigenvalue weighted by Crippen LogP contribution is -2.56. The Balaban J connectivity index is 1.66. The number of aromatic amines is 1. The van der Waals surface area contributed by atoms with E-state index in [9.17, 15) is 0 Å². The Morgan fingerprint density at radius 1 is 1.30 bits per heavy atom. The third kappa shape index (κ3) is 1.92. The van der Waals surface area contributed by atoms with Gasteiger partial charge in [0, 0.05) is 47.7 Å². The number of nitrogens with zero attached hydrogens (tertiary/aromatic N) is 1. The molecule has 4 bridgehead atoms. The summed E-state index contributed by atoms with van der Waals surface area (Å²) in [5, 5.41) is 1.42. The van der Waals surface area contributed by atoms with Gasteiger partial charge in [0.05, 0.1) is 7.11 Å². The molecule has 3 heteroatoms. The van der Waals surface area contributed by atoms with Gasteiger partial charge in [-0.3, -0.25) is 4.90 Å². The average molecular weight is 310 g/mol. The molecule has 6 rings (SSSR count). The van der Waals surface area contributed by atoms with Crippen LogP contribution in [-0.2, 0) is 6.42 Å². The van der Waals surface area contributed by atoms with Gasteiger partial charge in [-0.25, -0.2) is 0 Å². The van der Waals surface area contributed by atoms with Crippen LogP contribution in [0.15, 0.2) is 18.2 Å². The Labute approximate surface area is 138 Å². The highest BCUT2D eigenvalue weighted by Gasteiger charge is 2.48. The van der Waals surface area contributed by atoms with E-state index in [0.717, 1.165) is 23.6 Å². The van der Waals surface area contributed by atoms with Gasteiger partial charge in [0.25, 0.3) is 0 Å². The number of hydrogen-bond acceptors (Lipinski definition) is 2. The van der Waals surface area contributed by atoms with Crippen LogP contribution in [0, 0.1) is 11.8 Å². The van der Waals surface area contributed by atoms with E-state index in [4.69, 9.17) is 4.74 Å². The second-order valence-electron chi connectivity index (χ2n) is 7.78. The van der Waals surface area contributed by atoms with E-state index in [1.807, 2.05) is 0 Å². The number of benzene rings is 1. The molecule has 0 spiro atoms. The third-order valence-electron chi connectivity index (χ3n) is 6.72. The smallest absolute Gasteiger partial charge is 0.120 e. The molecule has 1 aromatic heterocycles. The van der Waals surface area contributed by atoms with E-state index in [2.05, 4.69) is 35.0 Å². The van der Waals surface area contributed by atoms with Gasteiger partial charge in [-0.05, 0) is 48.8 Å². The maximum Gasteiger partial charge on any atom is 0.120 e. The van der Waals surface area contributed by atoms with Crippen molar-refractivity contribution in [2.45, 2.75) is 44.6 Å². The topological polar surface area (TPSA) is 28.3 Å². The Kier molecular flexibility index (Phi) is 3.03. The van der Waals surface area contributed by atoms with Crippen LogP contribution in [0.4, 0.5) is 0 Å². The average Bonchev–Trinajstić information content (AvgIpc) is 2.92. The SMILES string of the molecule is CC[C@H]1C[C@@H]2C[C@H]3c4[nH]c5cc(OC)ccc5c4CCN(C2)[C@@H]13. The van der Waals surface area contributed by atoms with Gasteiger partial charge in [-0.1, -0.05) is 13.3 Å².